The second-order valence-corrected chi connectivity index (χ2v) is 4.78. The summed E-state index contributed by atoms with van der Waals surface area (Å²) < 4.78 is 0. The Balaban J connectivity index is 0.00000162. The number of halogens is 3. The van der Waals surface area contributed by atoms with Crippen molar-refractivity contribution in [2.45, 2.75) is 6.42 Å². The van der Waals surface area contributed by atoms with Gasteiger partial charge in [0, 0.05) is 12.2 Å². The van der Waals surface area contributed by atoms with Gasteiger partial charge >= 0.3 is 0 Å². The summed E-state index contributed by atoms with van der Waals surface area (Å²) in [7, 11) is 0. The zero-order valence-electron chi connectivity index (χ0n) is 9.37. The summed E-state index contributed by atoms with van der Waals surface area (Å²) in [5.74, 6) is -0.261. The summed E-state index contributed by atoms with van der Waals surface area (Å²) in [6, 6.07) is 2.95. The molecule has 1 aromatic rings. The standard InChI is InChI=1S/C11H12Cl2N2O2.ClH/c12-8-3-7(4-9(13)10(8)16)15-11(17)6-1-2-14-5-6;/h3-4,6,14,16H,1-2,5H2,(H,15,17);1H. The molecule has 18 heavy (non-hydrogen) atoms. The van der Waals surface area contributed by atoms with Crippen molar-refractivity contribution in [3.8, 4) is 5.75 Å². The average molecular weight is 312 g/mol. The molecule has 1 aliphatic rings. The van der Waals surface area contributed by atoms with Crippen LogP contribution in [0.3, 0.4) is 0 Å². The smallest absolute Gasteiger partial charge is 0.228 e. The van der Waals surface area contributed by atoms with Gasteiger partial charge in [-0.15, -0.1) is 12.4 Å². The predicted octanol–water partition coefficient (Wildman–Crippen LogP) is 2.67. The zero-order chi connectivity index (χ0) is 12.4. The highest BCUT2D eigenvalue weighted by Gasteiger charge is 2.22. The van der Waals surface area contributed by atoms with E-state index in [-0.39, 0.29) is 40.0 Å². The fourth-order valence-corrected chi connectivity index (χ4v) is 2.25. The van der Waals surface area contributed by atoms with E-state index in [1.165, 1.54) is 12.1 Å². The number of phenols is 1. The molecule has 100 valence electrons. The molecule has 0 aromatic heterocycles. The molecule has 1 fully saturated rings. The third-order valence-corrected chi connectivity index (χ3v) is 3.29. The summed E-state index contributed by atoms with van der Waals surface area (Å²) >= 11 is 11.5. The van der Waals surface area contributed by atoms with E-state index in [0.717, 1.165) is 13.0 Å². The van der Waals surface area contributed by atoms with Gasteiger partial charge in [-0.1, -0.05) is 23.2 Å². The van der Waals surface area contributed by atoms with E-state index >= 15 is 0 Å². The molecule has 0 radical (unpaired) electrons. The Hall–Kier alpha value is -0.680. The number of phenolic OH excluding ortho intramolecular Hbond substituents is 1. The molecule has 0 spiro atoms. The Bertz CT molecular complexity index is 425. The second kappa shape index (κ2) is 6.48. The van der Waals surface area contributed by atoms with Crippen molar-refractivity contribution in [2.24, 2.45) is 5.92 Å². The molecule has 2 rings (SSSR count). The number of carbonyl (C=O) groups is 1. The predicted molar refractivity (Wildman–Crippen MR) is 75.0 cm³/mol. The summed E-state index contributed by atoms with van der Waals surface area (Å²) in [4.78, 5) is 11.8. The van der Waals surface area contributed by atoms with Gasteiger partial charge in [-0.25, -0.2) is 0 Å². The van der Waals surface area contributed by atoms with Crippen LogP contribution in [0.4, 0.5) is 5.69 Å². The summed E-state index contributed by atoms with van der Waals surface area (Å²) in [5.41, 5.74) is 0.495. The van der Waals surface area contributed by atoms with Gasteiger partial charge in [-0.3, -0.25) is 4.79 Å². The number of hydrogen-bond donors (Lipinski definition) is 3. The minimum atomic E-state index is -0.172. The number of anilines is 1. The average Bonchev–Trinajstić information content (AvgIpc) is 2.79. The van der Waals surface area contributed by atoms with Crippen LogP contribution in [0.5, 0.6) is 5.75 Å². The van der Waals surface area contributed by atoms with Crippen LogP contribution < -0.4 is 10.6 Å². The third kappa shape index (κ3) is 3.42. The number of amides is 1. The molecule has 1 aromatic carbocycles. The molecule has 4 nitrogen and oxygen atoms in total. The monoisotopic (exact) mass is 310 g/mol. The first kappa shape index (κ1) is 15.4. The molecule has 0 aliphatic carbocycles. The van der Waals surface area contributed by atoms with Crippen LogP contribution in [-0.4, -0.2) is 24.1 Å². The first-order valence-corrected chi connectivity index (χ1v) is 6.03. The molecule has 0 saturated carbocycles. The Kier molecular flexibility index (Phi) is 5.53. The molecular formula is C11H13Cl3N2O2. The molecule has 1 saturated heterocycles. The van der Waals surface area contributed by atoms with E-state index in [4.69, 9.17) is 23.2 Å². The fourth-order valence-electron chi connectivity index (χ4n) is 1.76. The van der Waals surface area contributed by atoms with Crippen LogP contribution in [0.1, 0.15) is 6.42 Å². The molecule has 0 bridgehead atoms. The van der Waals surface area contributed by atoms with Gasteiger partial charge in [0.25, 0.3) is 0 Å². The van der Waals surface area contributed by atoms with Crippen molar-refractivity contribution in [3.05, 3.63) is 22.2 Å². The molecule has 1 amide bonds. The third-order valence-electron chi connectivity index (χ3n) is 2.72. The zero-order valence-corrected chi connectivity index (χ0v) is 11.7. The Morgan fingerprint density at radius 2 is 2.00 bits per heavy atom. The molecule has 1 atom stereocenters. The van der Waals surface area contributed by atoms with Gasteiger partial charge in [-0.05, 0) is 25.1 Å². The van der Waals surface area contributed by atoms with Gasteiger partial charge in [0.15, 0.2) is 5.75 Å². The number of benzene rings is 1. The first-order valence-electron chi connectivity index (χ1n) is 5.27. The topological polar surface area (TPSA) is 61.4 Å². The van der Waals surface area contributed by atoms with Gasteiger partial charge in [0.1, 0.15) is 0 Å². The van der Waals surface area contributed by atoms with Crippen LogP contribution in [0, 0.1) is 5.92 Å². The molecule has 3 N–H and O–H groups in total. The van der Waals surface area contributed by atoms with Crippen LogP contribution in [0.15, 0.2) is 12.1 Å². The minimum absolute atomic E-state index is 0. The highest BCUT2D eigenvalue weighted by molar-refractivity contribution is 6.37. The largest absolute Gasteiger partial charge is 0.505 e. The number of carbonyl (C=O) groups excluding carboxylic acids is 1. The maximum atomic E-state index is 11.8. The van der Waals surface area contributed by atoms with Gasteiger partial charge in [-0.2, -0.15) is 0 Å². The highest BCUT2D eigenvalue weighted by atomic mass is 35.5. The van der Waals surface area contributed by atoms with E-state index in [1.807, 2.05) is 0 Å². The SMILES string of the molecule is Cl.O=C(Nc1cc(Cl)c(O)c(Cl)c1)C1CCNC1. The number of hydrogen-bond acceptors (Lipinski definition) is 3. The summed E-state index contributed by atoms with van der Waals surface area (Å²) in [5, 5.41) is 15.5. The Morgan fingerprint density at radius 3 is 2.50 bits per heavy atom. The molecular weight excluding hydrogens is 298 g/mol. The number of aromatic hydroxyl groups is 1. The van der Waals surface area contributed by atoms with Crippen molar-refractivity contribution in [1.29, 1.82) is 0 Å². The molecule has 1 unspecified atom stereocenters. The van der Waals surface area contributed by atoms with Crippen molar-refractivity contribution in [3.63, 3.8) is 0 Å². The lowest BCUT2D eigenvalue weighted by molar-refractivity contribution is -0.119. The van der Waals surface area contributed by atoms with E-state index in [0.29, 0.717) is 12.2 Å². The van der Waals surface area contributed by atoms with Crippen molar-refractivity contribution in [2.75, 3.05) is 18.4 Å². The van der Waals surface area contributed by atoms with Crippen molar-refractivity contribution >= 4 is 47.2 Å². The second-order valence-electron chi connectivity index (χ2n) is 3.97. The first-order chi connectivity index (χ1) is 8.08. The lowest BCUT2D eigenvalue weighted by Gasteiger charge is -2.11. The van der Waals surface area contributed by atoms with Gasteiger partial charge in [0.2, 0.25) is 5.91 Å². The summed E-state index contributed by atoms with van der Waals surface area (Å²) in [6.45, 7) is 1.54. The van der Waals surface area contributed by atoms with Crippen LogP contribution in [-0.2, 0) is 4.79 Å². The van der Waals surface area contributed by atoms with Crippen LogP contribution in [0.25, 0.3) is 0 Å². The number of nitrogens with one attached hydrogen (secondary N) is 2. The quantitative estimate of drug-likeness (QED) is 0.736. The van der Waals surface area contributed by atoms with Crippen LogP contribution >= 0.6 is 35.6 Å². The lowest BCUT2D eigenvalue weighted by atomic mass is 10.1. The number of rotatable bonds is 2. The van der Waals surface area contributed by atoms with Gasteiger partial charge in [0.05, 0.1) is 16.0 Å². The lowest BCUT2D eigenvalue weighted by Crippen LogP contribution is -2.24. The van der Waals surface area contributed by atoms with E-state index < -0.39 is 0 Å². The molecule has 1 heterocycles. The van der Waals surface area contributed by atoms with E-state index in [1.54, 1.807) is 0 Å². The normalized spacial score (nSPS) is 18.2. The Morgan fingerprint density at radius 1 is 1.39 bits per heavy atom. The van der Waals surface area contributed by atoms with E-state index in [2.05, 4.69) is 10.6 Å². The van der Waals surface area contributed by atoms with Crippen molar-refractivity contribution < 1.29 is 9.90 Å². The van der Waals surface area contributed by atoms with Gasteiger partial charge < -0.3 is 15.7 Å². The fraction of sp³-hybridized carbons (Fsp3) is 0.364. The van der Waals surface area contributed by atoms with Crippen LogP contribution in [0.2, 0.25) is 10.0 Å². The minimum Gasteiger partial charge on any atom is -0.505 e. The Labute approximate surface area is 121 Å². The summed E-state index contributed by atoms with van der Waals surface area (Å²) in [6.07, 6.45) is 0.825. The highest BCUT2D eigenvalue weighted by Crippen LogP contribution is 2.34. The van der Waals surface area contributed by atoms with Crippen molar-refractivity contribution in [1.82, 2.24) is 5.32 Å². The molecule has 7 heteroatoms. The molecule has 1 aliphatic heterocycles. The maximum Gasteiger partial charge on any atom is 0.228 e. The maximum absolute atomic E-state index is 11.8. The van der Waals surface area contributed by atoms with E-state index in [9.17, 15) is 9.90 Å².